The molecule has 0 bridgehead atoms. The van der Waals surface area contributed by atoms with Crippen molar-refractivity contribution < 1.29 is 24.1 Å². The number of phenolic OH excluding ortho intramolecular Hbond substituents is 3. The zero-order chi connectivity index (χ0) is 28.3. The van der Waals surface area contributed by atoms with Crippen LogP contribution in [0.1, 0.15) is 0 Å². The molecule has 0 aliphatic rings. The lowest BCUT2D eigenvalue weighted by molar-refractivity contribution is 0.461. The van der Waals surface area contributed by atoms with Crippen LogP contribution in [0.2, 0.25) is 0 Å². The van der Waals surface area contributed by atoms with E-state index in [1.54, 1.807) is 30.3 Å². The first-order valence-electron chi connectivity index (χ1n) is 13.0. The molecule has 41 heavy (non-hydrogen) atoms. The predicted molar refractivity (Wildman–Crippen MR) is 161 cm³/mol. The summed E-state index contributed by atoms with van der Waals surface area (Å²) in [5, 5.41) is 31.1. The molecule has 0 fully saturated rings. The molecule has 0 spiro atoms. The fraction of sp³-hybridized carbons (Fsp3) is 0. The van der Waals surface area contributed by atoms with Crippen LogP contribution in [0.15, 0.2) is 138 Å². The van der Waals surface area contributed by atoms with Gasteiger partial charge in [0.15, 0.2) is 0 Å². The summed E-state index contributed by atoms with van der Waals surface area (Å²) in [6.45, 7) is 0. The van der Waals surface area contributed by atoms with Crippen LogP contribution < -0.4 is 0 Å². The van der Waals surface area contributed by atoms with Crippen molar-refractivity contribution in [3.63, 3.8) is 0 Å². The maximum Gasteiger partial charge on any atom is 0.135 e. The van der Waals surface area contributed by atoms with Gasteiger partial charge in [0.05, 0.1) is 0 Å². The van der Waals surface area contributed by atoms with Crippen LogP contribution in [0.3, 0.4) is 0 Å². The van der Waals surface area contributed by atoms with Crippen molar-refractivity contribution >= 4 is 21.9 Å². The Bertz CT molecular complexity index is 1980. The van der Waals surface area contributed by atoms with Crippen molar-refractivity contribution in [3.05, 3.63) is 139 Å². The lowest BCUT2D eigenvalue weighted by Crippen LogP contribution is -1.87. The molecule has 1 aromatic heterocycles. The standard InChI is InChI=1S/C18H13FO2.C18H12O2/c19-17-8-6-13(12-4-2-1-3-5-12)10-15(17)16-11-14(20)7-9-18(16)21;19-14-7-9-18-16(11-14)15-10-13(6-8-17(15)20-18)12-4-2-1-3-5-12/h1-11,20-21H;1-11,19H. The molecule has 0 aliphatic carbocycles. The van der Waals surface area contributed by atoms with E-state index in [0.717, 1.165) is 38.6 Å². The van der Waals surface area contributed by atoms with E-state index in [4.69, 9.17) is 4.42 Å². The molecule has 5 heteroatoms. The van der Waals surface area contributed by atoms with E-state index in [1.807, 2.05) is 54.6 Å². The Morgan fingerprint density at radius 1 is 0.439 bits per heavy atom. The summed E-state index contributed by atoms with van der Waals surface area (Å²) in [5.41, 5.74) is 6.27. The molecular formula is C36H25FO4. The number of hydrogen-bond acceptors (Lipinski definition) is 4. The average Bonchev–Trinajstić information content (AvgIpc) is 3.37. The van der Waals surface area contributed by atoms with Gasteiger partial charge in [-0.25, -0.2) is 4.39 Å². The zero-order valence-corrected chi connectivity index (χ0v) is 21.8. The number of halogens is 1. The molecule has 200 valence electrons. The summed E-state index contributed by atoms with van der Waals surface area (Å²) in [6.07, 6.45) is 0. The predicted octanol–water partition coefficient (Wildman–Crippen LogP) is 9.53. The number of benzene rings is 6. The molecule has 1 heterocycles. The largest absolute Gasteiger partial charge is 0.508 e. The van der Waals surface area contributed by atoms with Gasteiger partial charge in [0.1, 0.15) is 34.2 Å². The highest BCUT2D eigenvalue weighted by molar-refractivity contribution is 6.06. The first-order chi connectivity index (χ1) is 20.0. The van der Waals surface area contributed by atoms with E-state index in [9.17, 15) is 19.7 Å². The Labute approximate surface area is 235 Å². The molecule has 0 radical (unpaired) electrons. The second-order valence-electron chi connectivity index (χ2n) is 9.62. The van der Waals surface area contributed by atoms with Gasteiger partial charge in [0.2, 0.25) is 0 Å². The molecule has 7 rings (SSSR count). The first kappa shape index (κ1) is 25.7. The molecule has 0 unspecified atom stereocenters. The number of aromatic hydroxyl groups is 3. The van der Waals surface area contributed by atoms with Gasteiger partial charge in [-0.05, 0) is 82.9 Å². The molecule has 6 aromatic carbocycles. The Morgan fingerprint density at radius 3 is 1.66 bits per heavy atom. The summed E-state index contributed by atoms with van der Waals surface area (Å²) in [6, 6.07) is 39.9. The minimum absolute atomic E-state index is 0.0210. The van der Waals surface area contributed by atoms with Gasteiger partial charge in [-0.2, -0.15) is 0 Å². The highest BCUT2D eigenvalue weighted by Gasteiger charge is 2.12. The van der Waals surface area contributed by atoms with Crippen molar-refractivity contribution in [3.8, 4) is 50.6 Å². The van der Waals surface area contributed by atoms with Crippen molar-refractivity contribution in [2.75, 3.05) is 0 Å². The molecule has 0 atom stereocenters. The van der Waals surface area contributed by atoms with E-state index >= 15 is 0 Å². The first-order valence-corrected chi connectivity index (χ1v) is 13.0. The second kappa shape index (κ2) is 10.9. The van der Waals surface area contributed by atoms with Gasteiger partial charge in [0, 0.05) is 21.9 Å². The maximum absolute atomic E-state index is 14.1. The molecule has 0 aliphatic heterocycles. The van der Waals surface area contributed by atoms with Gasteiger partial charge >= 0.3 is 0 Å². The Hall–Kier alpha value is -5.55. The number of hydrogen-bond donors (Lipinski definition) is 3. The second-order valence-corrected chi connectivity index (χ2v) is 9.62. The van der Waals surface area contributed by atoms with Crippen molar-refractivity contribution in [2.24, 2.45) is 0 Å². The lowest BCUT2D eigenvalue weighted by atomic mass is 9.98. The van der Waals surface area contributed by atoms with Gasteiger partial charge in [-0.1, -0.05) is 72.8 Å². The van der Waals surface area contributed by atoms with Crippen molar-refractivity contribution in [1.29, 1.82) is 0 Å². The van der Waals surface area contributed by atoms with Crippen molar-refractivity contribution in [1.82, 2.24) is 0 Å². The SMILES string of the molecule is Oc1ccc(O)c(-c2cc(-c3ccccc3)ccc2F)c1.Oc1ccc2oc3ccc(-c4ccccc4)cc3c2c1. The Kier molecular flexibility index (Phi) is 6.84. The van der Waals surface area contributed by atoms with Crippen molar-refractivity contribution in [2.45, 2.75) is 0 Å². The van der Waals surface area contributed by atoms with Gasteiger partial charge in [0.25, 0.3) is 0 Å². The molecule has 3 N–H and O–H groups in total. The number of phenols is 3. The summed E-state index contributed by atoms with van der Waals surface area (Å²) < 4.78 is 19.9. The molecule has 0 amide bonds. The fourth-order valence-electron chi connectivity index (χ4n) is 4.86. The average molecular weight is 541 g/mol. The molecule has 0 saturated heterocycles. The quantitative estimate of drug-likeness (QED) is 0.195. The number of furan rings is 1. The van der Waals surface area contributed by atoms with Crippen LogP contribution in [0.4, 0.5) is 4.39 Å². The van der Waals surface area contributed by atoms with Crippen LogP contribution in [-0.2, 0) is 0 Å². The summed E-state index contributed by atoms with van der Waals surface area (Å²) in [4.78, 5) is 0. The highest BCUT2D eigenvalue weighted by Crippen LogP contribution is 2.36. The van der Waals surface area contributed by atoms with E-state index in [0.29, 0.717) is 0 Å². The third-order valence-electron chi connectivity index (χ3n) is 6.90. The third kappa shape index (κ3) is 5.34. The maximum atomic E-state index is 14.1. The van der Waals surface area contributed by atoms with Crippen LogP contribution in [0, 0.1) is 5.82 Å². The lowest BCUT2D eigenvalue weighted by Gasteiger charge is -2.09. The number of rotatable bonds is 3. The van der Waals surface area contributed by atoms with E-state index in [1.165, 1.54) is 29.8 Å². The molecule has 4 nitrogen and oxygen atoms in total. The normalized spacial score (nSPS) is 10.9. The Morgan fingerprint density at radius 2 is 0.976 bits per heavy atom. The number of fused-ring (bicyclic) bond motifs is 3. The topological polar surface area (TPSA) is 73.8 Å². The Balaban J connectivity index is 0.000000148. The summed E-state index contributed by atoms with van der Waals surface area (Å²) in [7, 11) is 0. The third-order valence-corrected chi connectivity index (χ3v) is 6.90. The molecular weight excluding hydrogens is 515 g/mol. The van der Waals surface area contributed by atoms with E-state index in [-0.39, 0.29) is 28.4 Å². The summed E-state index contributed by atoms with van der Waals surface area (Å²) in [5.74, 6) is -0.287. The fourth-order valence-corrected chi connectivity index (χ4v) is 4.86. The van der Waals surface area contributed by atoms with Gasteiger partial charge in [-0.3, -0.25) is 0 Å². The monoisotopic (exact) mass is 540 g/mol. The minimum atomic E-state index is -0.449. The van der Waals surface area contributed by atoms with Gasteiger partial charge < -0.3 is 19.7 Å². The van der Waals surface area contributed by atoms with E-state index in [2.05, 4.69) is 24.3 Å². The molecule has 0 saturated carbocycles. The summed E-state index contributed by atoms with van der Waals surface area (Å²) >= 11 is 0. The minimum Gasteiger partial charge on any atom is -0.508 e. The zero-order valence-electron chi connectivity index (χ0n) is 21.8. The smallest absolute Gasteiger partial charge is 0.135 e. The highest BCUT2D eigenvalue weighted by atomic mass is 19.1. The molecule has 7 aromatic rings. The van der Waals surface area contributed by atoms with Gasteiger partial charge in [-0.15, -0.1) is 0 Å². The van der Waals surface area contributed by atoms with Crippen LogP contribution in [-0.4, -0.2) is 15.3 Å². The van der Waals surface area contributed by atoms with Crippen LogP contribution in [0.5, 0.6) is 17.2 Å². The van der Waals surface area contributed by atoms with E-state index < -0.39 is 5.82 Å². The van der Waals surface area contributed by atoms with Crippen LogP contribution >= 0.6 is 0 Å². The van der Waals surface area contributed by atoms with Crippen LogP contribution in [0.25, 0.3) is 55.3 Å².